The lowest BCUT2D eigenvalue weighted by Gasteiger charge is -2.34. The Bertz CT molecular complexity index is 954. The van der Waals surface area contributed by atoms with Crippen LogP contribution in [0.1, 0.15) is 24.2 Å². The van der Waals surface area contributed by atoms with E-state index in [1.54, 1.807) is 6.20 Å². The van der Waals surface area contributed by atoms with E-state index in [0.717, 1.165) is 31.8 Å². The van der Waals surface area contributed by atoms with Gasteiger partial charge in [-0.1, -0.05) is 0 Å². The second-order valence-corrected chi connectivity index (χ2v) is 6.50. The predicted molar refractivity (Wildman–Crippen MR) is 90.5 cm³/mol. The highest BCUT2D eigenvalue weighted by atomic mass is 19.4. The van der Waals surface area contributed by atoms with Gasteiger partial charge in [-0.15, -0.1) is 0 Å². The zero-order chi connectivity index (χ0) is 19.0. The first-order valence-electron chi connectivity index (χ1n) is 8.51. The first-order valence-corrected chi connectivity index (χ1v) is 8.51. The summed E-state index contributed by atoms with van der Waals surface area (Å²) in [5.74, 6) is 0.394. The summed E-state index contributed by atoms with van der Waals surface area (Å²) in [5, 5.41) is 12.1. The van der Waals surface area contributed by atoms with Crippen LogP contribution in [0, 0.1) is 17.2 Å². The van der Waals surface area contributed by atoms with E-state index in [9.17, 15) is 13.2 Å². The van der Waals surface area contributed by atoms with Crippen LogP contribution in [0.5, 0.6) is 0 Å². The van der Waals surface area contributed by atoms with E-state index >= 15 is 0 Å². The molecule has 2 atom stereocenters. The normalized spacial score (nSPS) is 23.7. The fraction of sp³-hybridized carbons (Fsp3) is 0.412. The van der Waals surface area contributed by atoms with Crippen LogP contribution in [0.3, 0.4) is 0 Å². The van der Waals surface area contributed by atoms with Crippen LogP contribution in [-0.2, 0) is 6.18 Å². The molecule has 1 N–H and O–H groups in total. The van der Waals surface area contributed by atoms with Gasteiger partial charge in [0.2, 0.25) is 0 Å². The largest absolute Gasteiger partial charge is 0.434 e. The van der Waals surface area contributed by atoms with Crippen molar-refractivity contribution in [3.05, 3.63) is 42.3 Å². The molecule has 0 bridgehead atoms. The molecule has 7 nitrogen and oxygen atoms in total. The van der Waals surface area contributed by atoms with Crippen molar-refractivity contribution in [2.75, 3.05) is 13.1 Å². The number of aromatic nitrogens is 3. The van der Waals surface area contributed by atoms with Gasteiger partial charge in [0, 0.05) is 25.5 Å². The highest BCUT2D eigenvalue weighted by Crippen LogP contribution is 2.27. The molecule has 4 rings (SSSR count). The molecule has 4 heterocycles. The van der Waals surface area contributed by atoms with Gasteiger partial charge in [0.05, 0.1) is 24.4 Å². The van der Waals surface area contributed by atoms with Crippen molar-refractivity contribution < 1.29 is 13.2 Å². The van der Waals surface area contributed by atoms with E-state index < -0.39 is 11.9 Å². The molecule has 2 aromatic heterocycles. The first-order chi connectivity index (χ1) is 13.0. The molecule has 140 valence electrons. The minimum atomic E-state index is -4.54. The molecule has 0 saturated carbocycles. The monoisotopic (exact) mass is 375 g/mol. The summed E-state index contributed by atoms with van der Waals surface area (Å²) >= 11 is 0. The number of piperidine rings is 1. The number of amidine groups is 1. The van der Waals surface area contributed by atoms with Crippen molar-refractivity contribution in [1.29, 1.82) is 5.26 Å². The molecule has 1 saturated heterocycles. The Kier molecular flexibility index (Phi) is 4.31. The Hall–Kier alpha value is -2.93. The molecule has 0 aromatic carbocycles. The van der Waals surface area contributed by atoms with Gasteiger partial charge >= 0.3 is 6.18 Å². The third-order valence-electron chi connectivity index (χ3n) is 4.69. The number of nitrogens with zero attached hydrogens (tertiary/aromatic N) is 6. The third-order valence-corrected chi connectivity index (χ3v) is 4.69. The lowest BCUT2D eigenvalue weighted by Crippen LogP contribution is -2.43. The number of nitriles is 1. The molecule has 0 spiro atoms. The van der Waals surface area contributed by atoms with Crippen LogP contribution < -0.4 is 5.32 Å². The van der Waals surface area contributed by atoms with Gasteiger partial charge in [0.15, 0.2) is 17.2 Å². The maximum absolute atomic E-state index is 13.0. The summed E-state index contributed by atoms with van der Waals surface area (Å²) in [4.78, 5) is 14.3. The summed E-state index contributed by atoms with van der Waals surface area (Å²) in [7, 11) is 0. The average molecular weight is 375 g/mol. The number of hydrogen-bond donors (Lipinski definition) is 1. The molecular weight excluding hydrogens is 359 g/mol. The van der Waals surface area contributed by atoms with Gasteiger partial charge in [0.25, 0.3) is 0 Å². The fourth-order valence-corrected chi connectivity index (χ4v) is 3.33. The van der Waals surface area contributed by atoms with E-state index in [1.807, 2.05) is 6.08 Å². The van der Waals surface area contributed by atoms with Crippen molar-refractivity contribution in [2.24, 2.45) is 10.9 Å². The maximum atomic E-state index is 13.0. The fourth-order valence-electron chi connectivity index (χ4n) is 3.33. The second kappa shape index (κ2) is 6.66. The number of imidazole rings is 1. The van der Waals surface area contributed by atoms with E-state index in [4.69, 9.17) is 5.26 Å². The minimum absolute atomic E-state index is 0.0306. The molecule has 2 aliphatic heterocycles. The molecule has 27 heavy (non-hydrogen) atoms. The summed E-state index contributed by atoms with van der Waals surface area (Å²) in [6.07, 6.45) is 4.03. The molecule has 2 unspecified atom stereocenters. The average Bonchev–Trinajstić information content (AvgIpc) is 3.11. The lowest BCUT2D eigenvalue weighted by atomic mass is 9.99. The third kappa shape index (κ3) is 3.38. The second-order valence-electron chi connectivity index (χ2n) is 6.50. The molecule has 1 fully saturated rings. The van der Waals surface area contributed by atoms with Crippen molar-refractivity contribution in [1.82, 2.24) is 24.6 Å². The summed E-state index contributed by atoms with van der Waals surface area (Å²) in [5.41, 5.74) is -0.275. The zero-order valence-electron chi connectivity index (χ0n) is 14.2. The van der Waals surface area contributed by atoms with E-state index in [2.05, 4.69) is 31.2 Å². The van der Waals surface area contributed by atoms with Crippen molar-refractivity contribution >= 4 is 11.5 Å². The Morgan fingerprint density at radius 1 is 1.26 bits per heavy atom. The Morgan fingerprint density at radius 2 is 2.11 bits per heavy atom. The number of nitrogens with one attached hydrogen (secondary N) is 1. The molecular formula is C17H16F3N7. The van der Waals surface area contributed by atoms with Gasteiger partial charge in [0.1, 0.15) is 11.9 Å². The first kappa shape index (κ1) is 17.5. The molecule has 0 radical (unpaired) electrons. The van der Waals surface area contributed by atoms with Crippen LogP contribution in [0.25, 0.3) is 5.65 Å². The van der Waals surface area contributed by atoms with Crippen molar-refractivity contribution in [3.63, 3.8) is 0 Å². The van der Waals surface area contributed by atoms with Crippen LogP contribution in [-0.4, -0.2) is 44.4 Å². The zero-order valence-corrected chi connectivity index (χ0v) is 14.2. The number of alkyl halides is 3. The molecule has 0 aliphatic carbocycles. The van der Waals surface area contributed by atoms with E-state index in [0.29, 0.717) is 23.7 Å². The SMILES string of the molecule is N#CC1CCCN(C2C=CNC(c3cnc4cnc(C(F)(F)F)cn34)=N2)C1. The molecule has 10 heteroatoms. The van der Waals surface area contributed by atoms with E-state index in [1.165, 1.54) is 10.6 Å². The number of hydrogen-bond acceptors (Lipinski definition) is 6. The maximum Gasteiger partial charge on any atom is 0.434 e. The van der Waals surface area contributed by atoms with Crippen LogP contribution >= 0.6 is 0 Å². The summed E-state index contributed by atoms with van der Waals surface area (Å²) in [6, 6.07) is 2.30. The van der Waals surface area contributed by atoms with Gasteiger partial charge in [-0.05, 0) is 18.9 Å². The smallest absolute Gasteiger partial charge is 0.345 e. The molecule has 2 aromatic rings. The molecule has 0 amide bonds. The molecule has 2 aliphatic rings. The van der Waals surface area contributed by atoms with Crippen LogP contribution in [0.15, 0.2) is 35.9 Å². The summed E-state index contributed by atoms with van der Waals surface area (Å²) in [6.45, 7) is 1.44. The Morgan fingerprint density at radius 3 is 2.89 bits per heavy atom. The van der Waals surface area contributed by atoms with Crippen LogP contribution in [0.2, 0.25) is 0 Å². The van der Waals surface area contributed by atoms with E-state index in [-0.39, 0.29) is 12.1 Å². The quantitative estimate of drug-likeness (QED) is 0.870. The number of halogens is 3. The van der Waals surface area contributed by atoms with Crippen molar-refractivity contribution in [3.8, 4) is 6.07 Å². The van der Waals surface area contributed by atoms with Gasteiger partial charge in [-0.25, -0.2) is 15.0 Å². The highest BCUT2D eigenvalue weighted by molar-refractivity contribution is 5.99. The number of likely N-dealkylation sites (tertiary alicyclic amines) is 1. The number of rotatable bonds is 2. The van der Waals surface area contributed by atoms with Crippen molar-refractivity contribution in [2.45, 2.75) is 25.2 Å². The standard InChI is InChI=1S/C17H16F3N7/c18-17(19,20)13-10-27-12(7-24-15(27)8-23-13)16-22-4-3-14(25-16)26-5-1-2-11(6-21)9-26/h3-4,7-8,10-11,14H,1-2,5,9H2,(H,22,25). The Balaban J connectivity index is 1.66. The predicted octanol–water partition coefficient (Wildman–Crippen LogP) is 2.17. The topological polar surface area (TPSA) is 81.6 Å². The number of aliphatic imine (C=N–C) groups is 1. The van der Waals surface area contributed by atoms with Gasteiger partial charge < -0.3 is 5.32 Å². The van der Waals surface area contributed by atoms with Gasteiger partial charge in [-0.2, -0.15) is 18.4 Å². The summed E-state index contributed by atoms with van der Waals surface area (Å²) < 4.78 is 40.3. The lowest BCUT2D eigenvalue weighted by molar-refractivity contribution is -0.141. The highest BCUT2D eigenvalue weighted by Gasteiger charge is 2.33. The van der Waals surface area contributed by atoms with Gasteiger partial charge in [-0.3, -0.25) is 9.30 Å². The number of fused-ring (bicyclic) bond motifs is 1. The van der Waals surface area contributed by atoms with Crippen LogP contribution in [0.4, 0.5) is 13.2 Å². The Labute approximate surface area is 152 Å². The minimum Gasteiger partial charge on any atom is -0.345 e.